The van der Waals surface area contributed by atoms with Gasteiger partial charge in [-0.2, -0.15) is 0 Å². The first kappa shape index (κ1) is 10.8. The number of nitrogens with two attached hydrogens (primary N) is 1. The second-order valence-corrected chi connectivity index (χ2v) is 4.62. The summed E-state index contributed by atoms with van der Waals surface area (Å²) in [5.74, 6) is 0. The van der Waals surface area contributed by atoms with E-state index in [4.69, 9.17) is 5.73 Å². The SMILES string of the molecule is Cc1[nH]c2ncc(-c3cccc(N)c3)cc2c1C. The molecular weight excluding hydrogens is 222 g/mol. The molecule has 18 heavy (non-hydrogen) atoms. The molecular formula is C15H15N3. The molecule has 0 saturated carbocycles. The summed E-state index contributed by atoms with van der Waals surface area (Å²) in [6.07, 6.45) is 1.88. The van der Waals surface area contributed by atoms with E-state index in [0.717, 1.165) is 22.5 Å². The zero-order valence-corrected chi connectivity index (χ0v) is 10.5. The van der Waals surface area contributed by atoms with Gasteiger partial charge in [0.15, 0.2) is 0 Å². The molecule has 0 atom stereocenters. The van der Waals surface area contributed by atoms with Crippen LogP contribution in [0.25, 0.3) is 22.2 Å². The summed E-state index contributed by atoms with van der Waals surface area (Å²) in [6, 6.07) is 10.0. The van der Waals surface area contributed by atoms with E-state index in [0.29, 0.717) is 0 Å². The lowest BCUT2D eigenvalue weighted by Crippen LogP contribution is -1.86. The average molecular weight is 237 g/mol. The van der Waals surface area contributed by atoms with E-state index in [1.165, 1.54) is 16.6 Å². The van der Waals surface area contributed by atoms with Crippen molar-refractivity contribution >= 4 is 16.7 Å². The van der Waals surface area contributed by atoms with Crippen molar-refractivity contribution in [3.8, 4) is 11.1 Å². The Morgan fingerprint density at radius 3 is 2.72 bits per heavy atom. The van der Waals surface area contributed by atoms with Crippen LogP contribution < -0.4 is 5.73 Å². The van der Waals surface area contributed by atoms with Gasteiger partial charge < -0.3 is 10.7 Å². The molecule has 0 saturated heterocycles. The molecule has 3 rings (SSSR count). The predicted octanol–water partition coefficient (Wildman–Crippen LogP) is 3.43. The van der Waals surface area contributed by atoms with Crippen LogP contribution in [-0.2, 0) is 0 Å². The maximum atomic E-state index is 5.82. The predicted molar refractivity (Wildman–Crippen MR) is 75.4 cm³/mol. The third-order valence-corrected chi connectivity index (χ3v) is 3.38. The van der Waals surface area contributed by atoms with Crippen LogP contribution in [0, 0.1) is 13.8 Å². The molecule has 0 aliphatic heterocycles. The van der Waals surface area contributed by atoms with Gasteiger partial charge in [0, 0.05) is 28.5 Å². The Labute approximate surface area is 106 Å². The molecule has 0 aliphatic carbocycles. The Kier molecular flexibility index (Phi) is 2.33. The highest BCUT2D eigenvalue weighted by molar-refractivity contribution is 5.85. The number of hydrogen-bond donors (Lipinski definition) is 2. The molecule has 0 amide bonds. The summed E-state index contributed by atoms with van der Waals surface area (Å²) < 4.78 is 0. The van der Waals surface area contributed by atoms with Crippen molar-refractivity contribution in [2.24, 2.45) is 0 Å². The van der Waals surface area contributed by atoms with E-state index in [-0.39, 0.29) is 0 Å². The number of aryl methyl sites for hydroxylation is 2. The van der Waals surface area contributed by atoms with Crippen molar-refractivity contribution in [2.75, 3.05) is 5.73 Å². The van der Waals surface area contributed by atoms with Crippen LogP contribution in [0.2, 0.25) is 0 Å². The van der Waals surface area contributed by atoms with Gasteiger partial charge in [0.2, 0.25) is 0 Å². The third kappa shape index (κ3) is 1.64. The number of aromatic amines is 1. The molecule has 2 heterocycles. The number of hydrogen-bond acceptors (Lipinski definition) is 2. The molecule has 3 nitrogen and oxygen atoms in total. The molecule has 0 spiro atoms. The van der Waals surface area contributed by atoms with E-state index in [9.17, 15) is 0 Å². The minimum Gasteiger partial charge on any atom is -0.399 e. The number of rotatable bonds is 1. The lowest BCUT2D eigenvalue weighted by molar-refractivity contribution is 1.22. The molecule has 2 aromatic heterocycles. The maximum Gasteiger partial charge on any atom is 0.137 e. The number of H-pyrrole nitrogens is 1. The first-order valence-corrected chi connectivity index (χ1v) is 5.96. The Morgan fingerprint density at radius 1 is 1.11 bits per heavy atom. The van der Waals surface area contributed by atoms with Gasteiger partial charge in [-0.25, -0.2) is 4.98 Å². The maximum absolute atomic E-state index is 5.82. The highest BCUT2D eigenvalue weighted by Gasteiger charge is 2.07. The fourth-order valence-electron chi connectivity index (χ4n) is 2.20. The van der Waals surface area contributed by atoms with Crippen LogP contribution in [0.5, 0.6) is 0 Å². The molecule has 0 fully saturated rings. The van der Waals surface area contributed by atoms with Gasteiger partial charge in [-0.15, -0.1) is 0 Å². The van der Waals surface area contributed by atoms with Gasteiger partial charge in [-0.1, -0.05) is 12.1 Å². The minimum atomic E-state index is 0.773. The lowest BCUT2D eigenvalue weighted by Gasteiger charge is -2.03. The Bertz CT molecular complexity index is 726. The summed E-state index contributed by atoms with van der Waals surface area (Å²) in [6.45, 7) is 4.18. The van der Waals surface area contributed by atoms with Crippen molar-refractivity contribution in [3.63, 3.8) is 0 Å². The lowest BCUT2D eigenvalue weighted by atomic mass is 10.1. The van der Waals surface area contributed by atoms with Crippen LogP contribution in [0.1, 0.15) is 11.3 Å². The number of nitrogen functional groups attached to an aromatic ring is 1. The summed E-state index contributed by atoms with van der Waals surface area (Å²) in [5.41, 5.74) is 12.1. The van der Waals surface area contributed by atoms with E-state index in [2.05, 4.69) is 29.9 Å². The van der Waals surface area contributed by atoms with Gasteiger partial charge in [-0.3, -0.25) is 0 Å². The van der Waals surface area contributed by atoms with Gasteiger partial charge in [-0.05, 0) is 43.2 Å². The summed E-state index contributed by atoms with van der Waals surface area (Å²) >= 11 is 0. The molecule has 1 aromatic carbocycles. The highest BCUT2D eigenvalue weighted by Crippen LogP contribution is 2.26. The van der Waals surface area contributed by atoms with E-state index < -0.39 is 0 Å². The first-order chi connectivity index (χ1) is 8.65. The highest BCUT2D eigenvalue weighted by atomic mass is 14.9. The molecule has 0 radical (unpaired) electrons. The Morgan fingerprint density at radius 2 is 1.94 bits per heavy atom. The van der Waals surface area contributed by atoms with Crippen LogP contribution in [0.3, 0.4) is 0 Å². The normalized spacial score (nSPS) is 11.0. The van der Waals surface area contributed by atoms with Crippen molar-refractivity contribution in [3.05, 3.63) is 47.8 Å². The van der Waals surface area contributed by atoms with Gasteiger partial charge in [0.05, 0.1) is 0 Å². The fraction of sp³-hybridized carbons (Fsp3) is 0.133. The Balaban J connectivity index is 2.21. The van der Waals surface area contributed by atoms with Gasteiger partial charge in [0.25, 0.3) is 0 Å². The zero-order valence-electron chi connectivity index (χ0n) is 10.5. The summed E-state index contributed by atoms with van der Waals surface area (Å²) in [5, 5.41) is 1.17. The molecule has 3 heteroatoms. The Hall–Kier alpha value is -2.29. The van der Waals surface area contributed by atoms with E-state index in [1.807, 2.05) is 30.5 Å². The summed E-state index contributed by atoms with van der Waals surface area (Å²) in [4.78, 5) is 7.75. The number of nitrogens with one attached hydrogen (secondary N) is 1. The number of benzene rings is 1. The quantitative estimate of drug-likeness (QED) is 0.637. The van der Waals surface area contributed by atoms with Crippen LogP contribution >= 0.6 is 0 Å². The van der Waals surface area contributed by atoms with Gasteiger partial charge in [0.1, 0.15) is 5.65 Å². The van der Waals surface area contributed by atoms with E-state index in [1.54, 1.807) is 0 Å². The van der Waals surface area contributed by atoms with Crippen molar-refractivity contribution in [2.45, 2.75) is 13.8 Å². The van der Waals surface area contributed by atoms with Crippen LogP contribution in [-0.4, -0.2) is 9.97 Å². The largest absolute Gasteiger partial charge is 0.399 e. The van der Waals surface area contributed by atoms with Gasteiger partial charge >= 0.3 is 0 Å². The first-order valence-electron chi connectivity index (χ1n) is 5.96. The summed E-state index contributed by atoms with van der Waals surface area (Å²) in [7, 11) is 0. The zero-order chi connectivity index (χ0) is 12.7. The van der Waals surface area contributed by atoms with Crippen molar-refractivity contribution in [1.29, 1.82) is 0 Å². The minimum absolute atomic E-state index is 0.773. The van der Waals surface area contributed by atoms with Crippen molar-refractivity contribution in [1.82, 2.24) is 9.97 Å². The second kappa shape index (κ2) is 3.88. The number of fused-ring (bicyclic) bond motifs is 1. The van der Waals surface area contributed by atoms with Crippen LogP contribution in [0.15, 0.2) is 36.5 Å². The van der Waals surface area contributed by atoms with Crippen LogP contribution in [0.4, 0.5) is 5.69 Å². The fourth-order valence-corrected chi connectivity index (χ4v) is 2.20. The number of nitrogens with zero attached hydrogens (tertiary/aromatic N) is 1. The molecule has 0 bridgehead atoms. The third-order valence-electron chi connectivity index (χ3n) is 3.38. The second-order valence-electron chi connectivity index (χ2n) is 4.62. The topological polar surface area (TPSA) is 54.7 Å². The number of anilines is 1. The molecule has 0 unspecified atom stereocenters. The standard InChI is InChI=1S/C15H15N3/c1-9-10(2)18-15-14(9)7-12(8-17-15)11-4-3-5-13(16)6-11/h3-8H,16H2,1-2H3,(H,17,18). The monoisotopic (exact) mass is 237 g/mol. The van der Waals surface area contributed by atoms with Crippen molar-refractivity contribution < 1.29 is 0 Å². The average Bonchev–Trinajstić information content (AvgIpc) is 2.65. The number of pyridine rings is 1. The van der Waals surface area contributed by atoms with E-state index >= 15 is 0 Å². The number of aromatic nitrogens is 2. The molecule has 3 aromatic rings. The molecule has 3 N–H and O–H groups in total. The molecule has 0 aliphatic rings. The smallest absolute Gasteiger partial charge is 0.137 e. The molecule has 90 valence electrons.